The quantitative estimate of drug-likeness (QED) is 0.808. The maximum absolute atomic E-state index is 11.5. The van der Waals surface area contributed by atoms with Crippen molar-refractivity contribution in [2.24, 2.45) is 5.73 Å². The summed E-state index contributed by atoms with van der Waals surface area (Å²) in [4.78, 5) is 0. The van der Waals surface area contributed by atoms with Crippen molar-refractivity contribution in [2.45, 2.75) is 11.6 Å². The molecule has 0 aromatic carbocycles. The molecule has 1 heterocycles. The van der Waals surface area contributed by atoms with E-state index in [0.29, 0.717) is 5.76 Å². The third-order valence-corrected chi connectivity index (χ3v) is 2.96. The van der Waals surface area contributed by atoms with Crippen LogP contribution in [0.2, 0.25) is 0 Å². The van der Waals surface area contributed by atoms with Crippen molar-refractivity contribution in [3.8, 4) is 0 Å². The minimum absolute atomic E-state index is 0.0391. The Morgan fingerprint density at radius 3 is 2.73 bits per heavy atom. The Labute approximate surface area is 92.9 Å². The molecule has 0 radical (unpaired) electrons. The number of sulfonamides is 1. The van der Waals surface area contributed by atoms with Crippen LogP contribution in [0, 0.1) is 0 Å². The summed E-state index contributed by atoms with van der Waals surface area (Å²) in [6.07, 6.45) is 0. The van der Waals surface area contributed by atoms with Gasteiger partial charge in [-0.15, -0.1) is 0 Å². The molecule has 7 heteroatoms. The van der Waals surface area contributed by atoms with Crippen molar-refractivity contribution in [3.63, 3.8) is 0 Å². The molecule has 1 aromatic heterocycles. The molecule has 0 bridgehead atoms. The Hall–Kier alpha value is -0.820. The van der Waals surface area contributed by atoms with E-state index in [-0.39, 0.29) is 23.2 Å². The van der Waals surface area contributed by atoms with Crippen LogP contribution in [0.3, 0.4) is 0 Å². The molecule has 0 fully saturated rings. The van der Waals surface area contributed by atoms with Crippen LogP contribution in [0.4, 0.5) is 0 Å². The molecule has 3 N–H and O–H groups in total. The van der Waals surface area contributed by atoms with Gasteiger partial charge in [-0.05, 0) is 12.1 Å². The van der Waals surface area contributed by atoms with Gasteiger partial charge in [-0.25, -0.2) is 13.1 Å². The van der Waals surface area contributed by atoms with Crippen LogP contribution in [-0.2, 0) is 16.6 Å². The lowest BCUT2D eigenvalue weighted by Crippen LogP contribution is -2.24. The van der Waals surface area contributed by atoms with Crippen molar-refractivity contribution in [2.75, 3.05) is 6.54 Å². The number of rotatable bonds is 5. The zero-order valence-electron chi connectivity index (χ0n) is 7.86. The summed E-state index contributed by atoms with van der Waals surface area (Å²) in [6.45, 7) is 3.47. The number of nitrogens with one attached hydrogen (secondary N) is 1. The Morgan fingerprint density at radius 2 is 2.27 bits per heavy atom. The van der Waals surface area contributed by atoms with Gasteiger partial charge in [0.25, 0.3) is 10.0 Å². The zero-order chi connectivity index (χ0) is 11.5. The predicted octanol–water partition coefficient (Wildman–Crippen LogP) is 0.769. The molecule has 0 atom stereocenters. The fourth-order valence-corrected chi connectivity index (χ4v) is 1.97. The standard InChI is InChI=1S/C8H11ClN2O3S/c1-6(9)5-11-15(12,13)8-3-2-7(4-10)14-8/h2-3,11H,1,4-5,10H2. The van der Waals surface area contributed by atoms with Crippen molar-refractivity contribution < 1.29 is 12.8 Å². The second-order valence-electron chi connectivity index (χ2n) is 2.77. The highest BCUT2D eigenvalue weighted by Gasteiger charge is 2.17. The lowest BCUT2D eigenvalue weighted by molar-refractivity contribution is 0.413. The molecule has 0 spiro atoms. The third kappa shape index (κ3) is 3.35. The predicted molar refractivity (Wildman–Crippen MR) is 56.8 cm³/mol. The van der Waals surface area contributed by atoms with Gasteiger partial charge in [0.2, 0.25) is 5.09 Å². The maximum Gasteiger partial charge on any atom is 0.274 e. The SMILES string of the molecule is C=C(Cl)CNS(=O)(=O)c1ccc(CN)o1. The van der Waals surface area contributed by atoms with Gasteiger partial charge in [-0.2, -0.15) is 0 Å². The van der Waals surface area contributed by atoms with Crippen molar-refractivity contribution in [1.29, 1.82) is 0 Å². The van der Waals surface area contributed by atoms with Crippen molar-refractivity contribution in [3.05, 3.63) is 29.5 Å². The van der Waals surface area contributed by atoms with E-state index in [0.717, 1.165) is 0 Å². The van der Waals surface area contributed by atoms with E-state index in [1.807, 2.05) is 0 Å². The molecule has 0 unspecified atom stereocenters. The summed E-state index contributed by atoms with van der Waals surface area (Å²) in [5.41, 5.74) is 5.28. The molecule has 0 saturated heterocycles. The van der Waals surface area contributed by atoms with Gasteiger partial charge in [-0.1, -0.05) is 18.2 Å². The molecule has 0 aliphatic carbocycles. The smallest absolute Gasteiger partial charge is 0.274 e. The Kier molecular flexibility index (Phi) is 3.92. The number of furan rings is 1. The molecule has 0 aliphatic rings. The first kappa shape index (κ1) is 12.3. The summed E-state index contributed by atoms with van der Waals surface area (Å²) in [6, 6.07) is 2.84. The lowest BCUT2D eigenvalue weighted by Gasteiger charge is -2.01. The lowest BCUT2D eigenvalue weighted by atomic mass is 10.5. The van der Waals surface area contributed by atoms with E-state index in [1.54, 1.807) is 0 Å². The van der Waals surface area contributed by atoms with E-state index >= 15 is 0 Å². The fraction of sp³-hybridized carbons (Fsp3) is 0.250. The van der Waals surface area contributed by atoms with E-state index in [2.05, 4.69) is 11.3 Å². The van der Waals surface area contributed by atoms with E-state index < -0.39 is 10.0 Å². The van der Waals surface area contributed by atoms with Crippen LogP contribution in [0.5, 0.6) is 0 Å². The average Bonchev–Trinajstić information content (AvgIpc) is 2.63. The monoisotopic (exact) mass is 250 g/mol. The van der Waals surface area contributed by atoms with Gasteiger partial charge in [0.05, 0.1) is 6.54 Å². The van der Waals surface area contributed by atoms with E-state index in [1.165, 1.54) is 12.1 Å². The molecule has 0 amide bonds. The maximum atomic E-state index is 11.5. The molecule has 5 nitrogen and oxygen atoms in total. The van der Waals surface area contributed by atoms with Crippen LogP contribution in [0.25, 0.3) is 0 Å². The number of hydrogen-bond acceptors (Lipinski definition) is 4. The first-order chi connectivity index (χ1) is 6.95. The zero-order valence-corrected chi connectivity index (χ0v) is 9.44. The Morgan fingerprint density at radius 1 is 1.60 bits per heavy atom. The molecule has 1 rings (SSSR count). The van der Waals surface area contributed by atoms with Gasteiger partial charge in [0.15, 0.2) is 0 Å². The van der Waals surface area contributed by atoms with Gasteiger partial charge in [-0.3, -0.25) is 0 Å². The molecule has 15 heavy (non-hydrogen) atoms. The highest BCUT2D eigenvalue weighted by molar-refractivity contribution is 7.89. The van der Waals surface area contributed by atoms with Gasteiger partial charge < -0.3 is 10.2 Å². The molecule has 0 aliphatic heterocycles. The summed E-state index contributed by atoms with van der Waals surface area (Å²) < 4.78 is 30.2. The summed E-state index contributed by atoms with van der Waals surface area (Å²) in [5, 5.41) is 0.0186. The molecule has 1 aromatic rings. The highest BCUT2D eigenvalue weighted by Crippen LogP contribution is 2.13. The van der Waals surface area contributed by atoms with Gasteiger partial charge >= 0.3 is 0 Å². The Balaban J connectivity index is 2.81. The molecule has 0 saturated carbocycles. The summed E-state index contributed by atoms with van der Waals surface area (Å²) in [5.74, 6) is 0.403. The minimum Gasteiger partial charge on any atom is -0.447 e. The van der Waals surface area contributed by atoms with Crippen molar-refractivity contribution in [1.82, 2.24) is 4.72 Å². The number of hydrogen-bond donors (Lipinski definition) is 2. The molecular formula is C8H11ClN2O3S. The molecule has 84 valence electrons. The number of nitrogens with two attached hydrogens (primary N) is 1. The second-order valence-corrected chi connectivity index (χ2v) is 5.00. The largest absolute Gasteiger partial charge is 0.447 e. The van der Waals surface area contributed by atoms with Gasteiger partial charge in [0.1, 0.15) is 5.76 Å². The van der Waals surface area contributed by atoms with E-state index in [4.69, 9.17) is 21.8 Å². The second kappa shape index (κ2) is 4.80. The van der Waals surface area contributed by atoms with Gasteiger partial charge in [0, 0.05) is 11.6 Å². The summed E-state index contributed by atoms with van der Waals surface area (Å²) >= 11 is 5.43. The first-order valence-electron chi connectivity index (χ1n) is 4.07. The first-order valence-corrected chi connectivity index (χ1v) is 5.93. The normalized spacial score (nSPS) is 11.6. The van der Waals surface area contributed by atoms with Crippen LogP contribution in [-0.4, -0.2) is 15.0 Å². The Bertz CT molecular complexity index is 452. The fourth-order valence-electron chi connectivity index (χ4n) is 0.857. The summed E-state index contributed by atoms with van der Waals surface area (Å²) in [7, 11) is -3.66. The third-order valence-electron chi connectivity index (χ3n) is 1.56. The average molecular weight is 251 g/mol. The number of halogens is 1. The van der Waals surface area contributed by atoms with Crippen LogP contribution >= 0.6 is 11.6 Å². The molecular weight excluding hydrogens is 240 g/mol. The van der Waals surface area contributed by atoms with E-state index in [9.17, 15) is 8.42 Å². The van der Waals surface area contributed by atoms with Crippen LogP contribution in [0.15, 0.2) is 33.3 Å². The minimum atomic E-state index is -3.66. The van der Waals surface area contributed by atoms with Crippen LogP contribution in [0.1, 0.15) is 5.76 Å². The highest BCUT2D eigenvalue weighted by atomic mass is 35.5. The topological polar surface area (TPSA) is 85.3 Å². The van der Waals surface area contributed by atoms with Crippen molar-refractivity contribution >= 4 is 21.6 Å². The van der Waals surface area contributed by atoms with Crippen LogP contribution < -0.4 is 10.5 Å².